The minimum absolute atomic E-state index is 0.334. The van der Waals surface area contributed by atoms with Crippen molar-refractivity contribution < 1.29 is 4.42 Å². The van der Waals surface area contributed by atoms with E-state index in [9.17, 15) is 4.79 Å². The summed E-state index contributed by atoms with van der Waals surface area (Å²) < 4.78 is 6.55. The molecule has 2 rings (SSSR count). The predicted molar refractivity (Wildman–Crippen MR) is 51.2 cm³/mol. The van der Waals surface area contributed by atoms with Gasteiger partial charge in [-0.1, -0.05) is 11.6 Å². The van der Waals surface area contributed by atoms with Crippen molar-refractivity contribution in [1.29, 1.82) is 0 Å². The lowest BCUT2D eigenvalue weighted by Crippen LogP contribution is -2.11. The molecule has 0 bridgehead atoms. The van der Waals surface area contributed by atoms with Gasteiger partial charge in [-0.2, -0.15) is 0 Å². The van der Waals surface area contributed by atoms with Crippen LogP contribution in [0, 0.1) is 0 Å². The van der Waals surface area contributed by atoms with Crippen LogP contribution in [0.1, 0.15) is 6.92 Å². The molecule has 0 radical (unpaired) electrons. The highest BCUT2D eigenvalue weighted by atomic mass is 35.5. The highest BCUT2D eigenvalue weighted by Crippen LogP contribution is 2.17. The molecule has 0 N–H and O–H groups in total. The van der Waals surface area contributed by atoms with Crippen LogP contribution in [0.15, 0.2) is 27.4 Å². The number of fused-ring (bicyclic) bond motifs is 1. The van der Waals surface area contributed by atoms with Crippen LogP contribution in [0.4, 0.5) is 0 Å². The Hall–Kier alpha value is -1.22. The molecule has 0 saturated carbocycles. The minimum Gasteiger partial charge on any atom is -0.408 e. The Kier molecular flexibility index (Phi) is 1.88. The molecule has 0 saturated heterocycles. The summed E-state index contributed by atoms with van der Waals surface area (Å²) in [6, 6.07) is 5.17. The zero-order valence-corrected chi connectivity index (χ0v) is 7.84. The Bertz CT molecular complexity index is 498. The number of benzene rings is 1. The lowest BCUT2D eigenvalue weighted by atomic mass is 10.3. The fourth-order valence-corrected chi connectivity index (χ4v) is 1.50. The Morgan fingerprint density at radius 1 is 1.54 bits per heavy atom. The molecule has 0 aliphatic heterocycles. The average molecular weight is 198 g/mol. The molecule has 0 aliphatic carbocycles. The average Bonchev–Trinajstić information content (AvgIpc) is 2.39. The predicted octanol–water partition coefficient (Wildman–Crippen LogP) is 2.27. The van der Waals surface area contributed by atoms with E-state index in [-0.39, 0.29) is 5.76 Å². The third-order valence-electron chi connectivity index (χ3n) is 1.95. The second-order valence-electron chi connectivity index (χ2n) is 2.72. The SMILES string of the molecule is CCn1c(=O)oc2cc(Cl)ccc21. The molecule has 1 aromatic heterocycles. The maximum absolute atomic E-state index is 11.2. The second-order valence-corrected chi connectivity index (χ2v) is 3.16. The quantitative estimate of drug-likeness (QED) is 0.703. The van der Waals surface area contributed by atoms with Crippen molar-refractivity contribution in [3.05, 3.63) is 33.8 Å². The topological polar surface area (TPSA) is 35.1 Å². The first-order valence-corrected chi connectivity index (χ1v) is 4.39. The summed E-state index contributed by atoms with van der Waals surface area (Å²) in [5.74, 6) is -0.334. The van der Waals surface area contributed by atoms with E-state index >= 15 is 0 Å². The van der Waals surface area contributed by atoms with Gasteiger partial charge in [0.15, 0.2) is 5.58 Å². The Morgan fingerprint density at radius 3 is 3.00 bits per heavy atom. The van der Waals surface area contributed by atoms with E-state index in [1.54, 1.807) is 22.8 Å². The number of hydrogen-bond donors (Lipinski definition) is 0. The van der Waals surface area contributed by atoms with Crippen LogP contribution in [0.25, 0.3) is 11.1 Å². The van der Waals surface area contributed by atoms with Gasteiger partial charge in [0, 0.05) is 17.6 Å². The number of oxazole rings is 1. The van der Waals surface area contributed by atoms with Gasteiger partial charge in [-0.15, -0.1) is 0 Å². The first kappa shape index (κ1) is 8.38. The molecule has 4 heteroatoms. The van der Waals surface area contributed by atoms with E-state index in [0.717, 1.165) is 5.52 Å². The van der Waals surface area contributed by atoms with Crippen LogP contribution < -0.4 is 5.76 Å². The minimum atomic E-state index is -0.334. The van der Waals surface area contributed by atoms with Gasteiger partial charge >= 0.3 is 5.76 Å². The smallest absolute Gasteiger partial charge is 0.408 e. The fraction of sp³-hybridized carbons (Fsp3) is 0.222. The molecule has 1 aromatic carbocycles. The van der Waals surface area contributed by atoms with Crippen molar-refractivity contribution in [2.75, 3.05) is 0 Å². The Morgan fingerprint density at radius 2 is 2.31 bits per heavy atom. The van der Waals surface area contributed by atoms with Gasteiger partial charge in [0.25, 0.3) is 0 Å². The van der Waals surface area contributed by atoms with Gasteiger partial charge in [-0.25, -0.2) is 4.79 Å². The molecule has 1 heterocycles. The molecule has 0 fully saturated rings. The van der Waals surface area contributed by atoms with E-state index < -0.39 is 0 Å². The van der Waals surface area contributed by atoms with Crippen molar-refractivity contribution in [1.82, 2.24) is 4.57 Å². The van der Waals surface area contributed by atoms with Gasteiger partial charge in [0.1, 0.15) is 0 Å². The number of hydrogen-bond acceptors (Lipinski definition) is 2. The Labute approximate surface area is 79.5 Å². The lowest BCUT2D eigenvalue weighted by molar-refractivity contribution is 0.513. The fourth-order valence-electron chi connectivity index (χ4n) is 1.34. The van der Waals surface area contributed by atoms with Crippen LogP contribution in [0.2, 0.25) is 5.02 Å². The van der Waals surface area contributed by atoms with Gasteiger partial charge < -0.3 is 4.42 Å². The summed E-state index contributed by atoms with van der Waals surface area (Å²) in [5.41, 5.74) is 1.33. The number of halogens is 1. The number of rotatable bonds is 1. The van der Waals surface area contributed by atoms with Gasteiger partial charge in [-0.3, -0.25) is 4.57 Å². The molecule has 3 nitrogen and oxygen atoms in total. The summed E-state index contributed by atoms with van der Waals surface area (Å²) in [7, 11) is 0. The van der Waals surface area contributed by atoms with E-state index in [4.69, 9.17) is 16.0 Å². The third kappa shape index (κ3) is 1.25. The van der Waals surface area contributed by atoms with Gasteiger partial charge in [0.05, 0.1) is 5.52 Å². The number of aromatic nitrogens is 1. The monoisotopic (exact) mass is 197 g/mol. The zero-order chi connectivity index (χ0) is 9.42. The molecule has 0 spiro atoms. The van der Waals surface area contributed by atoms with Crippen LogP contribution in [-0.4, -0.2) is 4.57 Å². The molecule has 0 amide bonds. The van der Waals surface area contributed by atoms with Crippen molar-refractivity contribution in [3.8, 4) is 0 Å². The highest BCUT2D eigenvalue weighted by molar-refractivity contribution is 6.31. The number of nitrogens with zero attached hydrogens (tertiary/aromatic N) is 1. The summed E-state index contributed by atoms with van der Waals surface area (Å²) in [5, 5.41) is 0.574. The van der Waals surface area contributed by atoms with E-state index in [1.165, 1.54) is 0 Å². The van der Waals surface area contributed by atoms with Crippen LogP contribution >= 0.6 is 11.6 Å². The van der Waals surface area contributed by atoms with Crippen molar-refractivity contribution in [2.24, 2.45) is 0 Å². The highest BCUT2D eigenvalue weighted by Gasteiger charge is 2.06. The lowest BCUT2D eigenvalue weighted by Gasteiger charge is -1.94. The van der Waals surface area contributed by atoms with E-state index in [1.807, 2.05) is 6.92 Å². The first-order chi connectivity index (χ1) is 6.22. The molecule has 0 atom stereocenters. The first-order valence-electron chi connectivity index (χ1n) is 4.01. The summed E-state index contributed by atoms with van der Waals surface area (Å²) in [6.45, 7) is 2.50. The number of aryl methyl sites for hydroxylation is 1. The van der Waals surface area contributed by atoms with Crippen molar-refractivity contribution in [2.45, 2.75) is 13.5 Å². The molecular weight excluding hydrogens is 190 g/mol. The third-order valence-corrected chi connectivity index (χ3v) is 2.18. The van der Waals surface area contributed by atoms with Crippen LogP contribution in [0.5, 0.6) is 0 Å². The normalized spacial score (nSPS) is 10.9. The van der Waals surface area contributed by atoms with E-state index in [2.05, 4.69) is 0 Å². The molecule has 2 aromatic rings. The summed E-state index contributed by atoms with van der Waals surface area (Å²) in [6.07, 6.45) is 0. The van der Waals surface area contributed by atoms with Crippen molar-refractivity contribution in [3.63, 3.8) is 0 Å². The Balaban J connectivity index is 2.87. The second kappa shape index (κ2) is 2.92. The summed E-state index contributed by atoms with van der Waals surface area (Å²) >= 11 is 5.75. The van der Waals surface area contributed by atoms with Crippen LogP contribution in [0.3, 0.4) is 0 Å². The van der Waals surface area contributed by atoms with Gasteiger partial charge in [-0.05, 0) is 19.1 Å². The maximum atomic E-state index is 11.2. The molecule has 0 aliphatic rings. The molecule has 68 valence electrons. The van der Waals surface area contributed by atoms with Crippen molar-refractivity contribution >= 4 is 22.7 Å². The molecular formula is C9H8ClNO2. The van der Waals surface area contributed by atoms with Gasteiger partial charge in [0.2, 0.25) is 0 Å². The molecule has 13 heavy (non-hydrogen) atoms. The largest absolute Gasteiger partial charge is 0.419 e. The summed E-state index contributed by atoms with van der Waals surface area (Å²) in [4.78, 5) is 11.2. The zero-order valence-electron chi connectivity index (χ0n) is 7.08. The van der Waals surface area contributed by atoms with E-state index in [0.29, 0.717) is 17.2 Å². The molecule has 0 unspecified atom stereocenters. The van der Waals surface area contributed by atoms with Crippen LogP contribution in [-0.2, 0) is 6.54 Å². The standard InChI is InChI=1S/C9H8ClNO2/c1-2-11-7-4-3-6(10)5-8(7)13-9(11)12/h3-5H,2H2,1H3. The maximum Gasteiger partial charge on any atom is 0.419 e.